The van der Waals surface area contributed by atoms with Gasteiger partial charge in [0.2, 0.25) is 5.89 Å². The quantitative estimate of drug-likeness (QED) is 0.534. The average Bonchev–Trinajstić information content (AvgIpc) is 3.12. The summed E-state index contributed by atoms with van der Waals surface area (Å²) in [5.74, 6) is 5.31. The number of anilines is 1. The van der Waals surface area contributed by atoms with Crippen molar-refractivity contribution in [1.29, 1.82) is 0 Å². The highest BCUT2D eigenvalue weighted by atomic mass is 32.2. The number of hydrogen-bond donors (Lipinski definition) is 1. The smallest absolute Gasteiger partial charge is 0.229 e. The van der Waals surface area contributed by atoms with Gasteiger partial charge in [-0.3, -0.25) is 4.72 Å². The summed E-state index contributed by atoms with van der Waals surface area (Å²) >= 11 is 0. The van der Waals surface area contributed by atoms with Crippen molar-refractivity contribution in [2.24, 2.45) is 0 Å². The van der Waals surface area contributed by atoms with Gasteiger partial charge in [-0.25, -0.2) is 14.2 Å². The molecule has 8 heteroatoms. The van der Waals surface area contributed by atoms with Crippen LogP contribution in [0.3, 0.4) is 0 Å². The Balaban J connectivity index is 1.63. The first kappa shape index (κ1) is 17.0. The molecule has 1 unspecified atom stereocenters. The molecule has 1 aromatic carbocycles. The summed E-state index contributed by atoms with van der Waals surface area (Å²) in [6, 6.07) is 13.9. The zero-order chi connectivity index (χ0) is 18.9. The van der Waals surface area contributed by atoms with Crippen LogP contribution in [0.5, 0.6) is 5.75 Å². The van der Waals surface area contributed by atoms with Gasteiger partial charge in [-0.15, -0.1) is 0 Å². The second-order valence-corrected chi connectivity index (χ2v) is 7.75. The Kier molecular flexibility index (Phi) is 4.25. The van der Waals surface area contributed by atoms with Crippen molar-refractivity contribution in [3.63, 3.8) is 0 Å². The van der Waals surface area contributed by atoms with E-state index in [9.17, 15) is 4.21 Å². The Morgan fingerprint density at radius 1 is 1.11 bits per heavy atom. The van der Waals surface area contributed by atoms with E-state index in [2.05, 4.69) is 25.5 Å². The molecule has 0 spiro atoms. The summed E-state index contributed by atoms with van der Waals surface area (Å²) in [4.78, 5) is 13.3. The van der Waals surface area contributed by atoms with Crippen LogP contribution in [0.15, 0.2) is 70.2 Å². The van der Waals surface area contributed by atoms with Crippen LogP contribution >= 0.6 is 0 Å². The van der Waals surface area contributed by atoms with Crippen LogP contribution in [-0.4, -0.2) is 32.1 Å². The van der Waals surface area contributed by atoms with Gasteiger partial charge in [-0.1, -0.05) is 0 Å². The van der Waals surface area contributed by atoms with Crippen LogP contribution < -0.4 is 9.46 Å². The predicted octanol–water partition coefficient (Wildman–Crippen LogP) is 3.40. The van der Waals surface area contributed by atoms with Gasteiger partial charge in [0.05, 0.1) is 16.8 Å². The summed E-state index contributed by atoms with van der Waals surface area (Å²) in [6.45, 7) is 0. The maximum Gasteiger partial charge on any atom is 0.229 e. The van der Waals surface area contributed by atoms with E-state index in [1.54, 1.807) is 68.0 Å². The van der Waals surface area contributed by atoms with Crippen LogP contribution in [0.2, 0.25) is 0 Å². The fourth-order valence-electron chi connectivity index (χ4n) is 2.54. The molecule has 7 nitrogen and oxygen atoms in total. The molecule has 0 aliphatic heterocycles. The van der Waals surface area contributed by atoms with Gasteiger partial charge in [-0.05, 0) is 54.4 Å². The van der Waals surface area contributed by atoms with Gasteiger partial charge in [0.15, 0.2) is 11.2 Å². The first-order chi connectivity index (χ1) is 13.0. The fraction of sp³-hybridized carbons (Fsp3) is 0.0526. The topological polar surface area (TPSA) is 90.1 Å². The van der Waals surface area contributed by atoms with Gasteiger partial charge in [0.1, 0.15) is 11.6 Å². The number of methoxy groups -OCH3 is 1. The molecule has 0 bridgehead atoms. The third-order valence-corrected chi connectivity index (χ3v) is 5.45. The number of oxazole rings is 1. The summed E-state index contributed by atoms with van der Waals surface area (Å²) < 4.78 is 26.7. The van der Waals surface area contributed by atoms with Crippen molar-refractivity contribution in [1.82, 2.24) is 15.0 Å². The first-order valence-corrected chi connectivity index (χ1v) is 9.75. The molecule has 1 atom stereocenters. The number of pyridine rings is 2. The second-order valence-electron chi connectivity index (χ2n) is 5.73. The number of nitrogens with one attached hydrogen (secondary N) is 1. The molecular weight excluding hydrogens is 364 g/mol. The van der Waals surface area contributed by atoms with E-state index in [1.807, 2.05) is 0 Å². The molecule has 4 rings (SSSR count). The minimum atomic E-state index is -2.79. The van der Waals surface area contributed by atoms with Crippen LogP contribution in [-0.2, 0) is 9.71 Å². The van der Waals surface area contributed by atoms with Gasteiger partial charge < -0.3 is 9.15 Å². The zero-order valence-electron chi connectivity index (χ0n) is 14.5. The lowest BCUT2D eigenvalue weighted by molar-refractivity contribution is 0.414. The number of fused-ring (bicyclic) bond motifs is 1. The van der Waals surface area contributed by atoms with E-state index in [0.717, 1.165) is 0 Å². The molecule has 0 amide bonds. The molecule has 3 heterocycles. The molecule has 3 aromatic heterocycles. The van der Waals surface area contributed by atoms with E-state index in [1.165, 1.54) is 0 Å². The molecule has 0 radical (unpaired) electrons. The predicted molar refractivity (Wildman–Crippen MR) is 105 cm³/mol. The summed E-state index contributed by atoms with van der Waals surface area (Å²) in [7, 11) is -1.22. The maximum absolute atomic E-state index is 13.0. The molecule has 0 aliphatic rings. The van der Waals surface area contributed by atoms with E-state index >= 15 is 0 Å². The number of benzene rings is 1. The lowest BCUT2D eigenvalue weighted by Crippen LogP contribution is -2.13. The highest BCUT2D eigenvalue weighted by Gasteiger charge is 2.12. The molecule has 27 heavy (non-hydrogen) atoms. The Bertz CT molecular complexity index is 1170. The number of ether oxygens (including phenoxy) is 1. The highest BCUT2D eigenvalue weighted by molar-refractivity contribution is 8.01. The molecule has 0 aliphatic carbocycles. The van der Waals surface area contributed by atoms with E-state index < -0.39 is 9.71 Å². The number of aromatic nitrogens is 3. The number of hydrogen-bond acceptors (Lipinski definition) is 6. The van der Waals surface area contributed by atoms with E-state index in [0.29, 0.717) is 39.1 Å². The zero-order valence-corrected chi connectivity index (χ0v) is 15.3. The Hall–Kier alpha value is -3.39. The molecule has 0 saturated heterocycles. The maximum atomic E-state index is 13.0. The SMILES string of the molecule is C=S(=O)(Nc1cc(-c2nc3ncccc3o2)ccn1)c1ccc(OC)cc1. The van der Waals surface area contributed by atoms with Gasteiger partial charge in [-0.2, -0.15) is 4.98 Å². The number of nitrogens with zero attached hydrogens (tertiary/aromatic N) is 3. The third kappa shape index (κ3) is 3.47. The minimum Gasteiger partial charge on any atom is -0.497 e. The van der Waals surface area contributed by atoms with Gasteiger partial charge >= 0.3 is 0 Å². The highest BCUT2D eigenvalue weighted by Crippen LogP contribution is 2.25. The average molecular weight is 380 g/mol. The lowest BCUT2D eigenvalue weighted by atomic mass is 10.2. The molecule has 1 N–H and O–H groups in total. The van der Waals surface area contributed by atoms with Crippen molar-refractivity contribution < 1.29 is 13.4 Å². The minimum absolute atomic E-state index is 0.401. The summed E-state index contributed by atoms with van der Waals surface area (Å²) in [5.41, 5.74) is 1.81. The molecule has 0 saturated carbocycles. The van der Waals surface area contributed by atoms with E-state index in [-0.39, 0.29) is 0 Å². The normalized spacial score (nSPS) is 13.2. The third-order valence-electron chi connectivity index (χ3n) is 3.88. The number of rotatable bonds is 5. The van der Waals surface area contributed by atoms with E-state index in [4.69, 9.17) is 9.15 Å². The van der Waals surface area contributed by atoms with Crippen LogP contribution in [0, 0.1) is 0 Å². The Labute approximate surface area is 156 Å². The van der Waals surface area contributed by atoms with Crippen molar-refractivity contribution in [2.75, 3.05) is 11.8 Å². The van der Waals surface area contributed by atoms with Crippen molar-refractivity contribution in [3.05, 3.63) is 60.9 Å². The first-order valence-electron chi connectivity index (χ1n) is 8.02. The standard InChI is InChI=1S/C19H16N4O3S/c1-25-14-5-7-15(8-6-14)27(2,24)23-17-12-13(9-11-20-17)19-22-18-16(26-19)4-3-10-21-18/h3-12H,2H2,1H3,(H,20,23,24). The fourth-order valence-corrected chi connectivity index (χ4v) is 3.68. The lowest BCUT2D eigenvalue weighted by Gasteiger charge is -2.13. The molecular formula is C19H16N4O3S. The Morgan fingerprint density at radius 2 is 1.93 bits per heavy atom. The summed E-state index contributed by atoms with van der Waals surface area (Å²) in [5, 5.41) is 0. The van der Waals surface area contributed by atoms with Gasteiger partial charge in [0, 0.05) is 22.9 Å². The Morgan fingerprint density at radius 3 is 2.67 bits per heavy atom. The van der Waals surface area contributed by atoms with Crippen LogP contribution in [0.4, 0.5) is 5.82 Å². The molecule has 4 aromatic rings. The molecule has 0 fully saturated rings. The van der Waals surface area contributed by atoms with Crippen molar-refractivity contribution in [3.8, 4) is 17.2 Å². The second kappa shape index (κ2) is 6.73. The van der Waals surface area contributed by atoms with Gasteiger partial charge in [0.25, 0.3) is 0 Å². The van der Waals surface area contributed by atoms with Crippen molar-refractivity contribution in [2.45, 2.75) is 4.90 Å². The molecule has 136 valence electrons. The van der Waals surface area contributed by atoms with Crippen LogP contribution in [0.1, 0.15) is 0 Å². The summed E-state index contributed by atoms with van der Waals surface area (Å²) in [6.07, 6.45) is 3.24. The monoisotopic (exact) mass is 380 g/mol. The van der Waals surface area contributed by atoms with Crippen LogP contribution in [0.25, 0.3) is 22.7 Å². The largest absolute Gasteiger partial charge is 0.497 e. The van der Waals surface area contributed by atoms with Crippen molar-refractivity contribution >= 4 is 32.6 Å².